The van der Waals surface area contributed by atoms with E-state index >= 15 is 0 Å². The zero-order valence-electron chi connectivity index (χ0n) is 16.9. The third-order valence-corrected chi connectivity index (χ3v) is 5.70. The average Bonchev–Trinajstić information content (AvgIpc) is 3.30. The van der Waals surface area contributed by atoms with Crippen LogP contribution in [-0.2, 0) is 9.59 Å². The highest BCUT2D eigenvalue weighted by Crippen LogP contribution is 2.41. The van der Waals surface area contributed by atoms with Gasteiger partial charge in [-0.1, -0.05) is 18.2 Å². The standard InChI is InChI=1S/C22H26N2O4S/c1-4-28-16-9-5-8-15(14-16)20(25)18-19(17-10-6-13-29-17)24(22(27)21(18)26)12-7-11-23(2)3/h5-6,8-10,13-14,19,25H,4,7,11-12H2,1-3H3. The molecule has 2 aromatic rings. The molecule has 1 N–H and O–H groups in total. The first-order valence-corrected chi connectivity index (χ1v) is 10.5. The molecule has 1 aromatic carbocycles. The van der Waals surface area contributed by atoms with Crippen molar-refractivity contribution in [1.29, 1.82) is 0 Å². The highest BCUT2D eigenvalue weighted by molar-refractivity contribution is 7.10. The summed E-state index contributed by atoms with van der Waals surface area (Å²) in [5, 5.41) is 12.9. The number of hydrogen-bond acceptors (Lipinski definition) is 6. The number of ketones is 1. The Bertz CT molecular complexity index is 905. The van der Waals surface area contributed by atoms with Crippen LogP contribution in [0.4, 0.5) is 0 Å². The average molecular weight is 415 g/mol. The molecule has 0 aliphatic carbocycles. The maximum atomic E-state index is 12.9. The zero-order valence-corrected chi connectivity index (χ0v) is 17.7. The fraction of sp³-hybridized carbons (Fsp3) is 0.364. The van der Waals surface area contributed by atoms with Crippen molar-refractivity contribution in [3.8, 4) is 5.75 Å². The highest BCUT2D eigenvalue weighted by Gasteiger charge is 2.46. The maximum Gasteiger partial charge on any atom is 0.295 e. The number of Topliss-reactive ketones (excluding diaryl/α,β-unsaturated/α-hetero) is 1. The second-order valence-electron chi connectivity index (χ2n) is 7.13. The van der Waals surface area contributed by atoms with Gasteiger partial charge < -0.3 is 19.6 Å². The van der Waals surface area contributed by atoms with Gasteiger partial charge in [-0.2, -0.15) is 0 Å². The molecule has 1 aliphatic rings. The van der Waals surface area contributed by atoms with Crippen molar-refractivity contribution >= 4 is 28.8 Å². The van der Waals surface area contributed by atoms with Gasteiger partial charge in [-0.25, -0.2) is 0 Å². The molecule has 1 aliphatic heterocycles. The Morgan fingerprint density at radius 3 is 2.69 bits per heavy atom. The molecule has 0 spiro atoms. The number of nitrogens with zero attached hydrogens (tertiary/aromatic N) is 2. The lowest BCUT2D eigenvalue weighted by atomic mass is 9.99. The van der Waals surface area contributed by atoms with Crippen LogP contribution in [0.15, 0.2) is 47.4 Å². The minimum Gasteiger partial charge on any atom is -0.507 e. The van der Waals surface area contributed by atoms with Crippen LogP contribution in [0, 0.1) is 0 Å². The summed E-state index contributed by atoms with van der Waals surface area (Å²) < 4.78 is 5.50. The number of ether oxygens (including phenoxy) is 1. The fourth-order valence-corrected chi connectivity index (χ4v) is 4.31. The molecule has 0 radical (unpaired) electrons. The van der Waals surface area contributed by atoms with E-state index in [4.69, 9.17) is 4.74 Å². The Balaban J connectivity index is 2.03. The van der Waals surface area contributed by atoms with E-state index in [1.807, 2.05) is 43.4 Å². The van der Waals surface area contributed by atoms with Gasteiger partial charge in [-0.05, 0) is 57.6 Å². The zero-order chi connectivity index (χ0) is 21.0. The number of thiophene rings is 1. The molecule has 1 atom stereocenters. The Labute approximate surface area is 175 Å². The first-order valence-electron chi connectivity index (χ1n) is 9.63. The molecule has 1 saturated heterocycles. The second kappa shape index (κ2) is 9.24. The number of amides is 1. The molecule has 0 bridgehead atoms. The molecule has 0 saturated carbocycles. The van der Waals surface area contributed by atoms with E-state index in [2.05, 4.69) is 0 Å². The minimum atomic E-state index is -0.646. The summed E-state index contributed by atoms with van der Waals surface area (Å²) in [5.41, 5.74) is 0.597. The molecule has 29 heavy (non-hydrogen) atoms. The molecular weight excluding hydrogens is 388 g/mol. The van der Waals surface area contributed by atoms with E-state index in [0.29, 0.717) is 24.5 Å². The van der Waals surface area contributed by atoms with Crippen LogP contribution in [0.25, 0.3) is 5.76 Å². The van der Waals surface area contributed by atoms with E-state index in [9.17, 15) is 14.7 Å². The molecule has 1 fully saturated rings. The van der Waals surface area contributed by atoms with E-state index in [-0.39, 0.29) is 11.3 Å². The van der Waals surface area contributed by atoms with Crippen molar-refractivity contribution < 1.29 is 19.4 Å². The summed E-state index contributed by atoms with van der Waals surface area (Å²) in [5.74, 6) is -0.778. The lowest BCUT2D eigenvalue weighted by Gasteiger charge is -2.24. The third kappa shape index (κ3) is 4.52. The summed E-state index contributed by atoms with van der Waals surface area (Å²) in [6.45, 7) is 3.62. The number of benzene rings is 1. The maximum absolute atomic E-state index is 12.9. The normalized spacial score (nSPS) is 18.6. The molecule has 1 aromatic heterocycles. The minimum absolute atomic E-state index is 0.135. The quantitative estimate of drug-likeness (QED) is 0.407. The van der Waals surface area contributed by atoms with Crippen LogP contribution >= 0.6 is 11.3 Å². The smallest absolute Gasteiger partial charge is 0.295 e. The molecular formula is C22H26N2O4S. The SMILES string of the molecule is CCOc1cccc(C(O)=C2C(=O)C(=O)N(CCCN(C)C)C2c2cccs2)c1. The van der Waals surface area contributed by atoms with E-state index in [1.165, 1.54) is 11.3 Å². The van der Waals surface area contributed by atoms with Gasteiger partial charge in [0.2, 0.25) is 0 Å². The Morgan fingerprint density at radius 2 is 2.03 bits per heavy atom. The van der Waals surface area contributed by atoms with Crippen LogP contribution in [0.3, 0.4) is 0 Å². The van der Waals surface area contributed by atoms with Crippen molar-refractivity contribution in [2.75, 3.05) is 33.8 Å². The lowest BCUT2D eigenvalue weighted by molar-refractivity contribution is -0.139. The van der Waals surface area contributed by atoms with E-state index in [1.54, 1.807) is 29.2 Å². The predicted molar refractivity (Wildman–Crippen MR) is 114 cm³/mol. The Kier molecular flexibility index (Phi) is 6.71. The van der Waals surface area contributed by atoms with Gasteiger partial charge in [0.25, 0.3) is 11.7 Å². The van der Waals surface area contributed by atoms with Crippen LogP contribution < -0.4 is 4.74 Å². The van der Waals surface area contributed by atoms with Crippen molar-refractivity contribution in [2.24, 2.45) is 0 Å². The number of rotatable bonds is 8. The van der Waals surface area contributed by atoms with Gasteiger partial charge in [-0.3, -0.25) is 9.59 Å². The topological polar surface area (TPSA) is 70.1 Å². The van der Waals surface area contributed by atoms with Crippen molar-refractivity contribution in [3.05, 3.63) is 57.8 Å². The predicted octanol–water partition coefficient (Wildman–Crippen LogP) is 3.52. The molecule has 2 heterocycles. The first kappa shape index (κ1) is 21.1. The van der Waals surface area contributed by atoms with E-state index in [0.717, 1.165) is 17.8 Å². The summed E-state index contributed by atoms with van der Waals surface area (Å²) in [7, 11) is 3.94. The van der Waals surface area contributed by atoms with Crippen LogP contribution in [-0.4, -0.2) is 60.4 Å². The van der Waals surface area contributed by atoms with Gasteiger partial charge >= 0.3 is 0 Å². The lowest BCUT2D eigenvalue weighted by Crippen LogP contribution is -2.32. The highest BCUT2D eigenvalue weighted by atomic mass is 32.1. The molecule has 1 amide bonds. The number of aliphatic hydroxyl groups is 1. The summed E-state index contributed by atoms with van der Waals surface area (Å²) in [4.78, 5) is 30.2. The van der Waals surface area contributed by atoms with E-state index < -0.39 is 17.7 Å². The molecule has 154 valence electrons. The largest absolute Gasteiger partial charge is 0.507 e. The number of carbonyl (C=O) groups is 2. The molecule has 6 nitrogen and oxygen atoms in total. The van der Waals surface area contributed by atoms with Crippen molar-refractivity contribution in [2.45, 2.75) is 19.4 Å². The third-order valence-electron chi connectivity index (χ3n) is 4.78. The number of aliphatic hydroxyl groups excluding tert-OH is 1. The number of carbonyl (C=O) groups excluding carboxylic acids is 2. The monoisotopic (exact) mass is 414 g/mol. The second-order valence-corrected chi connectivity index (χ2v) is 8.10. The van der Waals surface area contributed by atoms with Gasteiger partial charge in [0.1, 0.15) is 11.5 Å². The Morgan fingerprint density at radius 1 is 1.24 bits per heavy atom. The molecule has 7 heteroatoms. The van der Waals surface area contributed by atoms with Crippen LogP contribution in [0.1, 0.15) is 29.8 Å². The fourth-order valence-electron chi connectivity index (χ4n) is 3.47. The van der Waals surface area contributed by atoms with Crippen molar-refractivity contribution in [1.82, 2.24) is 9.80 Å². The van der Waals surface area contributed by atoms with Crippen molar-refractivity contribution in [3.63, 3.8) is 0 Å². The van der Waals surface area contributed by atoms with Gasteiger partial charge in [-0.15, -0.1) is 11.3 Å². The van der Waals surface area contributed by atoms with Crippen LogP contribution in [0.2, 0.25) is 0 Å². The number of hydrogen-bond donors (Lipinski definition) is 1. The number of likely N-dealkylation sites (tertiary alicyclic amines) is 1. The summed E-state index contributed by atoms with van der Waals surface area (Å²) >= 11 is 1.47. The summed E-state index contributed by atoms with van der Waals surface area (Å²) in [6.07, 6.45) is 0.738. The van der Waals surface area contributed by atoms with Gasteiger partial charge in [0.05, 0.1) is 18.2 Å². The van der Waals surface area contributed by atoms with Crippen LogP contribution in [0.5, 0.6) is 5.75 Å². The molecule has 3 rings (SSSR count). The van der Waals surface area contributed by atoms with Gasteiger partial charge in [0.15, 0.2) is 0 Å². The summed E-state index contributed by atoms with van der Waals surface area (Å²) in [6, 6.07) is 10.1. The van der Waals surface area contributed by atoms with Gasteiger partial charge in [0, 0.05) is 17.0 Å². The molecule has 1 unspecified atom stereocenters. The first-order chi connectivity index (χ1) is 13.9. The Hall–Kier alpha value is -2.64.